The van der Waals surface area contributed by atoms with Crippen molar-refractivity contribution in [2.45, 2.75) is 38.8 Å². The van der Waals surface area contributed by atoms with Gasteiger partial charge in [0.15, 0.2) is 11.5 Å². The molecule has 164 valence electrons. The van der Waals surface area contributed by atoms with Gasteiger partial charge in [-0.2, -0.15) is 9.97 Å². The fourth-order valence-corrected chi connectivity index (χ4v) is 3.81. The Morgan fingerprint density at radius 1 is 1.23 bits per heavy atom. The number of nitrogens with zero attached hydrogens (tertiary/aromatic N) is 5. The highest BCUT2D eigenvalue weighted by atomic mass is 35.5. The number of fused-ring (bicyclic) bond motifs is 1. The van der Waals surface area contributed by atoms with Crippen molar-refractivity contribution in [3.63, 3.8) is 0 Å². The van der Waals surface area contributed by atoms with E-state index >= 15 is 0 Å². The minimum atomic E-state index is -0.441. The lowest BCUT2D eigenvalue weighted by atomic mass is 10.2. The average molecular weight is 444 g/mol. The van der Waals surface area contributed by atoms with Gasteiger partial charge in [-0.25, -0.2) is 9.78 Å². The molecule has 31 heavy (non-hydrogen) atoms. The summed E-state index contributed by atoms with van der Waals surface area (Å²) < 4.78 is 7.22. The Bertz CT molecular complexity index is 1050. The predicted octanol–water partition coefficient (Wildman–Crippen LogP) is 3.37. The summed E-state index contributed by atoms with van der Waals surface area (Å²) in [7, 11) is 0. The first-order valence-corrected chi connectivity index (χ1v) is 10.9. The number of hydrogen-bond acceptors (Lipinski definition) is 7. The molecule has 0 aliphatic carbocycles. The van der Waals surface area contributed by atoms with Crippen LogP contribution in [-0.2, 0) is 17.8 Å². The Morgan fingerprint density at radius 3 is 2.87 bits per heavy atom. The van der Waals surface area contributed by atoms with Crippen LogP contribution in [0.3, 0.4) is 0 Å². The fourth-order valence-electron chi connectivity index (χ4n) is 3.60. The number of aromatic nitrogens is 4. The number of carbonyl (C=O) groups is 1. The molecule has 1 saturated heterocycles. The number of ether oxygens (including phenoxy) is 1. The van der Waals surface area contributed by atoms with E-state index in [2.05, 4.69) is 20.2 Å². The number of alkyl carbamates (subject to hydrolysis) is 1. The smallest absolute Gasteiger partial charge is 0.407 e. The molecule has 1 amide bonds. The normalized spacial score (nSPS) is 13.6. The van der Waals surface area contributed by atoms with Crippen molar-refractivity contribution in [1.29, 1.82) is 0 Å². The Morgan fingerprint density at radius 2 is 2.06 bits per heavy atom. The molecule has 3 aromatic rings. The lowest BCUT2D eigenvalue weighted by molar-refractivity contribution is 0.143. The van der Waals surface area contributed by atoms with Gasteiger partial charge in [0.2, 0.25) is 5.95 Å². The number of aryl methyl sites for hydroxylation is 1. The SMILES string of the molecule is Nc1nc(N2CCCC2)nc2c1ncn2CCCCOC(=O)NCc1cccc(Cl)c1. The summed E-state index contributed by atoms with van der Waals surface area (Å²) in [5, 5.41) is 3.36. The minimum absolute atomic E-state index is 0.337. The second kappa shape index (κ2) is 9.82. The van der Waals surface area contributed by atoms with Crippen LogP contribution in [0, 0.1) is 0 Å². The highest BCUT2D eigenvalue weighted by Crippen LogP contribution is 2.23. The number of rotatable bonds is 8. The summed E-state index contributed by atoms with van der Waals surface area (Å²) in [6, 6.07) is 7.34. The van der Waals surface area contributed by atoms with Crippen LogP contribution < -0.4 is 16.0 Å². The van der Waals surface area contributed by atoms with Crippen molar-refractivity contribution >= 4 is 40.6 Å². The topological polar surface area (TPSA) is 111 Å². The molecule has 9 nitrogen and oxygen atoms in total. The molecule has 1 aliphatic rings. The molecule has 1 aromatic carbocycles. The molecule has 0 bridgehead atoms. The molecule has 0 radical (unpaired) electrons. The monoisotopic (exact) mass is 443 g/mol. The quantitative estimate of drug-likeness (QED) is 0.513. The molecule has 0 atom stereocenters. The van der Waals surface area contributed by atoms with Crippen LogP contribution in [-0.4, -0.2) is 45.3 Å². The van der Waals surface area contributed by atoms with E-state index in [1.807, 2.05) is 22.8 Å². The van der Waals surface area contributed by atoms with E-state index in [9.17, 15) is 4.79 Å². The number of unbranched alkanes of at least 4 members (excludes halogenated alkanes) is 1. The molecule has 2 aromatic heterocycles. The Kier molecular flexibility index (Phi) is 6.71. The molecule has 0 saturated carbocycles. The van der Waals surface area contributed by atoms with E-state index in [1.54, 1.807) is 12.4 Å². The number of carbonyl (C=O) groups excluding carboxylic acids is 1. The molecule has 1 aliphatic heterocycles. The van der Waals surface area contributed by atoms with Crippen molar-refractivity contribution in [2.24, 2.45) is 0 Å². The van der Waals surface area contributed by atoms with Crippen molar-refractivity contribution in [1.82, 2.24) is 24.8 Å². The van der Waals surface area contributed by atoms with Gasteiger partial charge >= 0.3 is 6.09 Å². The summed E-state index contributed by atoms with van der Waals surface area (Å²) >= 11 is 5.94. The van der Waals surface area contributed by atoms with Crippen molar-refractivity contribution in [3.8, 4) is 0 Å². The zero-order chi connectivity index (χ0) is 21.6. The summed E-state index contributed by atoms with van der Waals surface area (Å²) in [6.07, 6.45) is 5.13. The Labute approximate surface area is 185 Å². The minimum Gasteiger partial charge on any atom is -0.450 e. The molecule has 0 unspecified atom stereocenters. The molecule has 10 heteroatoms. The summed E-state index contributed by atoms with van der Waals surface area (Å²) in [4.78, 5) is 27.5. The van der Waals surface area contributed by atoms with Gasteiger partial charge in [0.05, 0.1) is 12.9 Å². The maximum atomic E-state index is 11.9. The third-order valence-corrected chi connectivity index (χ3v) is 5.46. The highest BCUT2D eigenvalue weighted by molar-refractivity contribution is 6.30. The first-order valence-electron chi connectivity index (χ1n) is 10.5. The number of imidazole rings is 1. The Balaban J connectivity index is 1.23. The number of benzene rings is 1. The number of anilines is 2. The fraction of sp³-hybridized carbons (Fsp3) is 0.429. The number of amides is 1. The van der Waals surface area contributed by atoms with Crippen LogP contribution in [0.15, 0.2) is 30.6 Å². The third kappa shape index (κ3) is 5.35. The first-order chi connectivity index (χ1) is 15.1. The number of nitrogens with two attached hydrogens (primary N) is 1. The van der Waals surface area contributed by atoms with Gasteiger partial charge in [0.1, 0.15) is 5.52 Å². The van der Waals surface area contributed by atoms with Crippen LogP contribution >= 0.6 is 11.6 Å². The van der Waals surface area contributed by atoms with Gasteiger partial charge in [0, 0.05) is 31.2 Å². The molecular weight excluding hydrogens is 418 g/mol. The van der Waals surface area contributed by atoms with Crippen LogP contribution in [0.4, 0.5) is 16.6 Å². The molecule has 3 N–H and O–H groups in total. The van der Waals surface area contributed by atoms with E-state index in [4.69, 9.17) is 27.1 Å². The largest absolute Gasteiger partial charge is 0.450 e. The van der Waals surface area contributed by atoms with Crippen LogP contribution in [0.2, 0.25) is 5.02 Å². The molecule has 1 fully saturated rings. The zero-order valence-electron chi connectivity index (χ0n) is 17.3. The molecule has 3 heterocycles. The van der Waals surface area contributed by atoms with Crippen molar-refractivity contribution in [3.05, 3.63) is 41.2 Å². The number of nitrogen functional groups attached to an aromatic ring is 1. The number of hydrogen-bond donors (Lipinski definition) is 2. The van der Waals surface area contributed by atoms with E-state index in [1.165, 1.54) is 0 Å². The van der Waals surface area contributed by atoms with Gasteiger partial charge < -0.3 is 25.3 Å². The van der Waals surface area contributed by atoms with E-state index < -0.39 is 6.09 Å². The molecule has 4 rings (SSSR count). The van der Waals surface area contributed by atoms with Crippen molar-refractivity contribution < 1.29 is 9.53 Å². The second-order valence-corrected chi connectivity index (χ2v) is 7.98. The maximum Gasteiger partial charge on any atom is 0.407 e. The van der Waals surface area contributed by atoms with Crippen LogP contribution in [0.25, 0.3) is 11.2 Å². The maximum absolute atomic E-state index is 11.9. The van der Waals surface area contributed by atoms with Crippen molar-refractivity contribution in [2.75, 3.05) is 30.3 Å². The number of halogens is 1. The van der Waals surface area contributed by atoms with E-state index in [-0.39, 0.29) is 0 Å². The predicted molar refractivity (Wildman–Crippen MR) is 120 cm³/mol. The Hall–Kier alpha value is -3.07. The lowest BCUT2D eigenvalue weighted by Crippen LogP contribution is -2.24. The van der Waals surface area contributed by atoms with Gasteiger partial charge in [-0.1, -0.05) is 23.7 Å². The standard InChI is InChI=1S/C21H26ClN7O2/c22-16-7-5-6-15(12-16)13-24-21(30)31-11-4-3-10-29-14-25-17-18(23)26-20(27-19(17)29)28-8-1-2-9-28/h5-7,12,14H,1-4,8-11,13H2,(H,24,30)(H2,23,26,27). The summed E-state index contributed by atoms with van der Waals surface area (Å²) in [5.41, 5.74) is 8.39. The van der Waals surface area contributed by atoms with Gasteiger partial charge in [0.25, 0.3) is 0 Å². The summed E-state index contributed by atoms with van der Waals surface area (Å²) in [5.74, 6) is 1.08. The third-order valence-electron chi connectivity index (χ3n) is 5.22. The molecular formula is C21H26ClN7O2. The van der Waals surface area contributed by atoms with Gasteiger partial charge in [-0.05, 0) is 43.4 Å². The lowest BCUT2D eigenvalue weighted by Gasteiger charge is -2.15. The van der Waals surface area contributed by atoms with Gasteiger partial charge in [-0.3, -0.25) is 0 Å². The van der Waals surface area contributed by atoms with E-state index in [0.29, 0.717) is 42.0 Å². The summed E-state index contributed by atoms with van der Waals surface area (Å²) in [6.45, 7) is 3.33. The second-order valence-electron chi connectivity index (χ2n) is 7.54. The molecule has 0 spiro atoms. The highest BCUT2D eigenvalue weighted by Gasteiger charge is 2.18. The first kappa shape index (κ1) is 21.2. The number of nitrogens with one attached hydrogen (secondary N) is 1. The zero-order valence-corrected chi connectivity index (χ0v) is 18.0. The average Bonchev–Trinajstić information content (AvgIpc) is 3.43. The van der Waals surface area contributed by atoms with Gasteiger partial charge in [-0.15, -0.1) is 0 Å². The van der Waals surface area contributed by atoms with Crippen LogP contribution in [0.1, 0.15) is 31.2 Å². The van der Waals surface area contributed by atoms with E-state index in [0.717, 1.165) is 50.0 Å². The van der Waals surface area contributed by atoms with Crippen LogP contribution in [0.5, 0.6) is 0 Å².